The zero-order valence-corrected chi connectivity index (χ0v) is 15.9. The van der Waals surface area contributed by atoms with Crippen molar-refractivity contribution >= 4 is 22.8 Å². The van der Waals surface area contributed by atoms with Gasteiger partial charge in [0.15, 0.2) is 5.82 Å². The van der Waals surface area contributed by atoms with Gasteiger partial charge in [-0.3, -0.25) is 9.59 Å². The average Bonchev–Trinajstić information content (AvgIpc) is 3.11. The molecule has 0 unspecified atom stereocenters. The molecule has 0 saturated heterocycles. The molecule has 1 aromatic heterocycles. The van der Waals surface area contributed by atoms with E-state index in [9.17, 15) is 9.59 Å². The summed E-state index contributed by atoms with van der Waals surface area (Å²) in [6, 6.07) is 12.9. The fourth-order valence-corrected chi connectivity index (χ4v) is 3.49. The summed E-state index contributed by atoms with van der Waals surface area (Å²) in [5.74, 6) is 0.950. The quantitative estimate of drug-likeness (QED) is 0.740. The Hall–Kier alpha value is -3.35. The number of likely N-dealkylation sites (N-methyl/N-ethyl adjacent to an activating group) is 1. The molecule has 4 rings (SSSR count). The summed E-state index contributed by atoms with van der Waals surface area (Å²) in [5, 5.41) is 2.91. The minimum atomic E-state index is -0.183. The number of aromatic nitrogens is 2. The van der Waals surface area contributed by atoms with E-state index in [0.29, 0.717) is 43.1 Å². The molecule has 2 aromatic carbocycles. The second kappa shape index (κ2) is 7.34. The van der Waals surface area contributed by atoms with E-state index >= 15 is 0 Å². The topological polar surface area (TPSA) is 76.5 Å². The maximum atomic E-state index is 12.6. The molecule has 2 heterocycles. The van der Waals surface area contributed by atoms with E-state index in [-0.39, 0.29) is 11.8 Å². The summed E-state index contributed by atoms with van der Waals surface area (Å²) in [5.41, 5.74) is 3.01. The number of fused-ring (bicyclic) bond motifs is 3. The molecule has 1 N–H and O–H groups in total. The minimum Gasteiger partial charge on any atom is -0.497 e. The second-order valence-electron chi connectivity index (χ2n) is 6.71. The van der Waals surface area contributed by atoms with Crippen LogP contribution in [0.1, 0.15) is 33.5 Å². The van der Waals surface area contributed by atoms with Crippen LogP contribution in [0, 0.1) is 0 Å². The predicted molar refractivity (Wildman–Crippen MR) is 105 cm³/mol. The Labute approximate surface area is 162 Å². The minimum absolute atomic E-state index is 0.0611. The Morgan fingerprint density at radius 3 is 2.86 bits per heavy atom. The van der Waals surface area contributed by atoms with E-state index in [2.05, 4.69) is 10.3 Å². The number of amides is 2. The molecule has 0 bridgehead atoms. The molecule has 0 fully saturated rings. The van der Waals surface area contributed by atoms with Gasteiger partial charge in [-0.2, -0.15) is 0 Å². The van der Waals surface area contributed by atoms with Gasteiger partial charge in [-0.15, -0.1) is 0 Å². The van der Waals surface area contributed by atoms with E-state index in [4.69, 9.17) is 4.74 Å². The molecule has 28 heavy (non-hydrogen) atoms. The maximum absolute atomic E-state index is 12.6. The van der Waals surface area contributed by atoms with Crippen LogP contribution in [0.15, 0.2) is 42.5 Å². The standard InChI is InChI=1S/C21H22N4O3/c1-3-24-9-10-25-18-8-7-15(12-17(18)23-19(25)21(24)27)20(26)22-13-14-5-4-6-16(11-14)28-2/h4-8,11-12H,3,9-10,13H2,1-2H3,(H,22,26). The summed E-state index contributed by atoms with van der Waals surface area (Å²) >= 11 is 0. The first kappa shape index (κ1) is 18.0. The van der Waals surface area contributed by atoms with E-state index in [1.807, 2.05) is 41.8 Å². The maximum Gasteiger partial charge on any atom is 0.289 e. The first-order chi connectivity index (χ1) is 13.6. The SMILES string of the molecule is CCN1CCn2c(nc3cc(C(=O)NCc4cccc(OC)c4)ccc32)C1=O. The fourth-order valence-electron chi connectivity index (χ4n) is 3.49. The summed E-state index contributed by atoms with van der Waals surface area (Å²) in [6.07, 6.45) is 0. The molecule has 0 radical (unpaired) electrons. The molecule has 3 aromatic rings. The van der Waals surface area contributed by atoms with Crippen molar-refractivity contribution in [1.29, 1.82) is 0 Å². The summed E-state index contributed by atoms with van der Waals surface area (Å²) in [4.78, 5) is 31.3. The van der Waals surface area contributed by atoms with Crippen molar-refractivity contribution in [1.82, 2.24) is 19.8 Å². The lowest BCUT2D eigenvalue weighted by Crippen LogP contribution is -2.40. The molecule has 1 aliphatic heterocycles. The van der Waals surface area contributed by atoms with E-state index in [1.54, 1.807) is 24.1 Å². The highest BCUT2D eigenvalue weighted by atomic mass is 16.5. The highest BCUT2D eigenvalue weighted by molar-refractivity contribution is 6.00. The number of benzene rings is 2. The fraction of sp³-hybridized carbons (Fsp3) is 0.286. The van der Waals surface area contributed by atoms with Crippen LogP contribution in [-0.2, 0) is 13.1 Å². The molecule has 0 spiro atoms. The predicted octanol–water partition coefficient (Wildman–Crippen LogP) is 2.45. The lowest BCUT2D eigenvalue weighted by atomic mass is 10.1. The molecule has 7 nitrogen and oxygen atoms in total. The Balaban J connectivity index is 1.54. The number of carbonyl (C=O) groups is 2. The summed E-state index contributed by atoms with van der Waals surface area (Å²) < 4.78 is 7.14. The first-order valence-corrected chi connectivity index (χ1v) is 9.31. The number of nitrogens with one attached hydrogen (secondary N) is 1. The van der Waals surface area contributed by atoms with Crippen LogP contribution in [0.4, 0.5) is 0 Å². The number of rotatable bonds is 5. The zero-order valence-electron chi connectivity index (χ0n) is 15.9. The van der Waals surface area contributed by atoms with Crippen LogP contribution >= 0.6 is 0 Å². The van der Waals surface area contributed by atoms with Gasteiger partial charge in [0, 0.05) is 31.7 Å². The van der Waals surface area contributed by atoms with Crippen LogP contribution in [0.5, 0.6) is 5.75 Å². The van der Waals surface area contributed by atoms with Gasteiger partial charge in [0.2, 0.25) is 0 Å². The zero-order chi connectivity index (χ0) is 19.7. The molecule has 144 valence electrons. The number of imidazole rings is 1. The van der Waals surface area contributed by atoms with Crippen LogP contribution in [0.25, 0.3) is 11.0 Å². The summed E-state index contributed by atoms with van der Waals surface area (Å²) in [6.45, 7) is 4.42. The smallest absolute Gasteiger partial charge is 0.289 e. The summed E-state index contributed by atoms with van der Waals surface area (Å²) in [7, 11) is 1.61. The normalized spacial score (nSPS) is 13.5. The van der Waals surface area contributed by atoms with Crippen LogP contribution in [-0.4, -0.2) is 46.5 Å². The molecule has 2 amide bonds. The van der Waals surface area contributed by atoms with Gasteiger partial charge in [-0.25, -0.2) is 4.98 Å². The average molecular weight is 378 g/mol. The van der Waals surface area contributed by atoms with E-state index in [0.717, 1.165) is 16.8 Å². The third kappa shape index (κ3) is 3.19. The van der Waals surface area contributed by atoms with Crippen LogP contribution in [0.2, 0.25) is 0 Å². The third-order valence-electron chi connectivity index (χ3n) is 5.05. The second-order valence-corrected chi connectivity index (χ2v) is 6.71. The van der Waals surface area contributed by atoms with Crippen molar-refractivity contribution in [3.05, 3.63) is 59.4 Å². The number of carbonyl (C=O) groups excluding carboxylic acids is 2. The molecule has 1 aliphatic rings. The first-order valence-electron chi connectivity index (χ1n) is 9.31. The molecule has 0 atom stereocenters. The van der Waals surface area contributed by atoms with Gasteiger partial charge in [0.25, 0.3) is 11.8 Å². The Morgan fingerprint density at radius 2 is 2.07 bits per heavy atom. The van der Waals surface area contributed by atoms with Gasteiger partial charge in [0.1, 0.15) is 5.75 Å². The van der Waals surface area contributed by atoms with Crippen molar-refractivity contribution < 1.29 is 14.3 Å². The van der Waals surface area contributed by atoms with Crippen LogP contribution < -0.4 is 10.1 Å². The molecular weight excluding hydrogens is 356 g/mol. The van der Waals surface area contributed by atoms with Crippen molar-refractivity contribution in [3.63, 3.8) is 0 Å². The number of ether oxygens (including phenoxy) is 1. The molecule has 7 heteroatoms. The Morgan fingerprint density at radius 1 is 1.21 bits per heavy atom. The van der Waals surface area contributed by atoms with Gasteiger partial charge in [0.05, 0.1) is 18.1 Å². The molecular formula is C21H22N4O3. The number of hydrogen-bond acceptors (Lipinski definition) is 4. The van der Waals surface area contributed by atoms with Gasteiger partial charge < -0.3 is 19.5 Å². The number of nitrogens with zero attached hydrogens (tertiary/aromatic N) is 3. The monoisotopic (exact) mass is 378 g/mol. The van der Waals surface area contributed by atoms with Crippen molar-refractivity contribution in [2.24, 2.45) is 0 Å². The highest BCUT2D eigenvalue weighted by Gasteiger charge is 2.27. The number of methoxy groups -OCH3 is 1. The van der Waals surface area contributed by atoms with Crippen LogP contribution in [0.3, 0.4) is 0 Å². The Bertz CT molecular complexity index is 1060. The van der Waals surface area contributed by atoms with Crippen molar-refractivity contribution in [3.8, 4) is 5.75 Å². The van der Waals surface area contributed by atoms with E-state index < -0.39 is 0 Å². The number of hydrogen-bond donors (Lipinski definition) is 1. The lowest BCUT2D eigenvalue weighted by molar-refractivity contribution is 0.0709. The Kier molecular flexibility index (Phi) is 4.73. The van der Waals surface area contributed by atoms with Crippen molar-refractivity contribution in [2.45, 2.75) is 20.0 Å². The van der Waals surface area contributed by atoms with E-state index in [1.165, 1.54) is 0 Å². The lowest BCUT2D eigenvalue weighted by Gasteiger charge is -2.26. The molecule has 0 aliphatic carbocycles. The van der Waals surface area contributed by atoms with Gasteiger partial charge >= 0.3 is 0 Å². The van der Waals surface area contributed by atoms with Gasteiger partial charge in [-0.1, -0.05) is 12.1 Å². The van der Waals surface area contributed by atoms with Crippen molar-refractivity contribution in [2.75, 3.05) is 20.2 Å². The highest BCUT2D eigenvalue weighted by Crippen LogP contribution is 2.22. The van der Waals surface area contributed by atoms with Gasteiger partial charge in [-0.05, 0) is 42.8 Å². The molecule has 0 saturated carbocycles. The largest absolute Gasteiger partial charge is 0.497 e. The third-order valence-corrected chi connectivity index (χ3v) is 5.05.